The van der Waals surface area contributed by atoms with Crippen molar-refractivity contribution in [3.05, 3.63) is 119 Å². The second kappa shape index (κ2) is 9.94. The van der Waals surface area contributed by atoms with Gasteiger partial charge in [-0.1, -0.05) is 48.5 Å². The molecule has 0 fully saturated rings. The molecule has 1 amide bonds. The largest absolute Gasteiger partial charge is 0.489 e. The van der Waals surface area contributed by atoms with Crippen LogP contribution in [0, 0.1) is 10.1 Å². The molecule has 36 heavy (non-hydrogen) atoms. The fourth-order valence-electron chi connectivity index (χ4n) is 3.56. The molecule has 5 rings (SSSR count). The molecule has 2 aromatic heterocycles. The first-order chi connectivity index (χ1) is 17.6. The Labute approximate surface area is 205 Å². The van der Waals surface area contributed by atoms with Crippen molar-refractivity contribution in [3.8, 4) is 16.9 Å². The Morgan fingerprint density at radius 1 is 1.00 bits per heavy atom. The Bertz CT molecular complexity index is 1530. The topological polar surface area (TPSA) is 124 Å². The number of nitro groups is 1. The van der Waals surface area contributed by atoms with Gasteiger partial charge in [0.15, 0.2) is 5.65 Å². The van der Waals surface area contributed by atoms with Crippen molar-refractivity contribution in [2.45, 2.75) is 6.61 Å². The van der Waals surface area contributed by atoms with E-state index < -0.39 is 10.8 Å². The lowest BCUT2D eigenvalue weighted by Crippen LogP contribution is -2.30. The zero-order chi connectivity index (χ0) is 24.9. The highest BCUT2D eigenvalue weighted by molar-refractivity contribution is 5.94. The summed E-state index contributed by atoms with van der Waals surface area (Å²) in [5.74, 6) is 0.236. The van der Waals surface area contributed by atoms with Crippen LogP contribution in [0.4, 0.5) is 11.4 Å². The van der Waals surface area contributed by atoms with Gasteiger partial charge in [-0.05, 0) is 35.4 Å². The molecule has 0 saturated carbocycles. The number of hydrogen-bond donors (Lipinski definition) is 2. The van der Waals surface area contributed by atoms with Crippen LogP contribution in [0.2, 0.25) is 0 Å². The van der Waals surface area contributed by atoms with E-state index in [1.54, 1.807) is 23.0 Å². The molecule has 0 spiro atoms. The van der Waals surface area contributed by atoms with E-state index in [1.165, 1.54) is 24.3 Å². The Hall–Kier alpha value is -5.25. The maximum absolute atomic E-state index is 12.7. The van der Waals surface area contributed by atoms with Crippen molar-refractivity contribution >= 4 is 22.9 Å². The second-order valence-electron chi connectivity index (χ2n) is 7.82. The van der Waals surface area contributed by atoms with Crippen LogP contribution in [-0.4, -0.2) is 25.4 Å². The molecule has 10 nitrogen and oxygen atoms in total. The van der Waals surface area contributed by atoms with Crippen LogP contribution in [0.5, 0.6) is 5.75 Å². The highest BCUT2D eigenvalue weighted by atomic mass is 16.6. The number of nitrogens with one attached hydrogen (secondary N) is 2. The number of hydrogen-bond acceptors (Lipinski definition) is 7. The van der Waals surface area contributed by atoms with Crippen LogP contribution in [0.3, 0.4) is 0 Å². The summed E-state index contributed by atoms with van der Waals surface area (Å²) in [5, 5.41) is 15.3. The molecular weight excluding hydrogens is 460 g/mol. The van der Waals surface area contributed by atoms with Gasteiger partial charge in [0.2, 0.25) is 0 Å². The van der Waals surface area contributed by atoms with Gasteiger partial charge in [0.25, 0.3) is 11.6 Å². The summed E-state index contributed by atoms with van der Waals surface area (Å²) in [6.45, 7) is 0.474. The van der Waals surface area contributed by atoms with Gasteiger partial charge in [0.1, 0.15) is 18.1 Å². The third-order valence-electron chi connectivity index (χ3n) is 5.39. The number of non-ortho nitro benzene ring substituents is 1. The van der Waals surface area contributed by atoms with Crippen LogP contribution in [0.25, 0.3) is 16.8 Å². The Kier molecular flexibility index (Phi) is 6.22. The van der Waals surface area contributed by atoms with Crippen molar-refractivity contribution in [2.75, 3.05) is 5.43 Å². The average Bonchev–Trinajstić information content (AvgIpc) is 3.35. The van der Waals surface area contributed by atoms with E-state index >= 15 is 0 Å². The third-order valence-corrected chi connectivity index (χ3v) is 5.39. The van der Waals surface area contributed by atoms with Gasteiger partial charge in [-0.3, -0.25) is 25.8 Å². The summed E-state index contributed by atoms with van der Waals surface area (Å²) >= 11 is 0. The minimum atomic E-state index is -0.508. The summed E-state index contributed by atoms with van der Waals surface area (Å²) < 4.78 is 7.44. The van der Waals surface area contributed by atoms with Crippen LogP contribution in [0.15, 0.2) is 97.3 Å². The second-order valence-corrected chi connectivity index (χ2v) is 7.82. The highest BCUT2D eigenvalue weighted by Crippen LogP contribution is 2.26. The van der Waals surface area contributed by atoms with E-state index in [-0.39, 0.29) is 11.4 Å². The summed E-state index contributed by atoms with van der Waals surface area (Å²) in [5.41, 5.74) is 8.85. The van der Waals surface area contributed by atoms with Gasteiger partial charge in [0, 0.05) is 23.9 Å². The molecular formula is C26H20N6O4. The van der Waals surface area contributed by atoms with Gasteiger partial charge >= 0.3 is 0 Å². The summed E-state index contributed by atoms with van der Waals surface area (Å²) in [4.78, 5) is 27.6. The van der Waals surface area contributed by atoms with Crippen molar-refractivity contribution in [2.24, 2.45) is 0 Å². The average molecular weight is 480 g/mol. The Morgan fingerprint density at radius 2 is 1.81 bits per heavy atom. The SMILES string of the molecule is O=C(NNc1cccc([N+](=O)[O-])c1)c1ccn2ncc(-c3ccc(OCc4ccccc4)cc3)c2n1. The number of nitro benzene ring substituents is 1. The number of nitrogens with zero attached hydrogens (tertiary/aromatic N) is 4. The first-order valence-corrected chi connectivity index (χ1v) is 11.0. The monoisotopic (exact) mass is 480 g/mol. The molecule has 0 aliphatic carbocycles. The van der Waals surface area contributed by atoms with Crippen LogP contribution >= 0.6 is 0 Å². The van der Waals surface area contributed by atoms with Crippen molar-refractivity contribution in [1.29, 1.82) is 0 Å². The van der Waals surface area contributed by atoms with Gasteiger partial charge < -0.3 is 4.74 Å². The highest BCUT2D eigenvalue weighted by Gasteiger charge is 2.14. The molecule has 0 aliphatic heterocycles. The van der Waals surface area contributed by atoms with E-state index in [2.05, 4.69) is 20.9 Å². The van der Waals surface area contributed by atoms with E-state index in [0.717, 1.165) is 22.4 Å². The number of fused-ring (bicyclic) bond motifs is 1. The number of ether oxygens (including phenoxy) is 1. The number of amides is 1. The van der Waals surface area contributed by atoms with Gasteiger partial charge in [-0.2, -0.15) is 5.10 Å². The minimum absolute atomic E-state index is 0.0887. The molecule has 0 radical (unpaired) electrons. The first kappa shape index (κ1) is 22.5. The molecule has 0 aliphatic rings. The minimum Gasteiger partial charge on any atom is -0.489 e. The Balaban J connectivity index is 1.30. The van der Waals surface area contributed by atoms with E-state index in [9.17, 15) is 14.9 Å². The fourth-order valence-corrected chi connectivity index (χ4v) is 3.56. The van der Waals surface area contributed by atoms with E-state index in [0.29, 0.717) is 17.9 Å². The molecule has 10 heteroatoms. The van der Waals surface area contributed by atoms with Crippen molar-refractivity contribution < 1.29 is 14.5 Å². The Morgan fingerprint density at radius 3 is 2.58 bits per heavy atom. The zero-order valence-corrected chi connectivity index (χ0v) is 18.9. The van der Waals surface area contributed by atoms with E-state index in [1.807, 2.05) is 54.6 Å². The summed E-state index contributed by atoms with van der Waals surface area (Å²) in [6.07, 6.45) is 3.33. The molecule has 2 heterocycles. The third kappa shape index (κ3) is 4.97. The summed E-state index contributed by atoms with van der Waals surface area (Å²) in [6, 6.07) is 24.8. The zero-order valence-electron chi connectivity index (χ0n) is 18.9. The van der Waals surface area contributed by atoms with Crippen molar-refractivity contribution in [1.82, 2.24) is 20.0 Å². The van der Waals surface area contributed by atoms with Gasteiger partial charge in [-0.25, -0.2) is 9.50 Å². The first-order valence-electron chi connectivity index (χ1n) is 11.0. The smallest absolute Gasteiger partial charge is 0.288 e. The number of rotatable bonds is 8. The molecule has 2 N–H and O–H groups in total. The number of carbonyl (C=O) groups is 1. The number of aromatic nitrogens is 3. The maximum Gasteiger partial charge on any atom is 0.288 e. The number of benzene rings is 3. The summed E-state index contributed by atoms with van der Waals surface area (Å²) in [7, 11) is 0. The van der Waals surface area contributed by atoms with Crippen LogP contribution in [0.1, 0.15) is 16.1 Å². The predicted octanol–water partition coefficient (Wildman–Crippen LogP) is 4.64. The molecule has 0 bridgehead atoms. The molecule has 178 valence electrons. The van der Waals surface area contributed by atoms with Crippen molar-refractivity contribution in [3.63, 3.8) is 0 Å². The van der Waals surface area contributed by atoms with Crippen LogP contribution < -0.4 is 15.6 Å². The maximum atomic E-state index is 12.7. The normalized spacial score (nSPS) is 10.7. The molecule has 0 saturated heterocycles. The van der Waals surface area contributed by atoms with Gasteiger partial charge in [0.05, 0.1) is 16.8 Å². The molecule has 0 atom stereocenters. The van der Waals surface area contributed by atoms with Crippen LogP contribution in [-0.2, 0) is 6.61 Å². The molecule has 5 aromatic rings. The fraction of sp³-hybridized carbons (Fsp3) is 0.0385. The molecule has 3 aromatic carbocycles. The quantitative estimate of drug-likeness (QED) is 0.245. The lowest BCUT2D eigenvalue weighted by atomic mass is 10.1. The lowest BCUT2D eigenvalue weighted by molar-refractivity contribution is -0.384. The lowest BCUT2D eigenvalue weighted by Gasteiger charge is -2.09. The van der Waals surface area contributed by atoms with Gasteiger partial charge in [-0.15, -0.1) is 0 Å². The van der Waals surface area contributed by atoms with E-state index in [4.69, 9.17) is 4.74 Å². The number of carbonyl (C=O) groups excluding carboxylic acids is 1. The number of anilines is 1. The molecule has 0 unspecified atom stereocenters. The number of hydrazine groups is 1. The standard InChI is InChI=1S/C26H20N6O4/c33-26(30-29-20-7-4-8-21(15-20)32(34)35)24-13-14-31-25(28-24)23(16-27-31)19-9-11-22(12-10-19)36-17-18-5-2-1-3-6-18/h1-16,29H,17H2,(H,30,33). The predicted molar refractivity (Wildman–Crippen MR) is 133 cm³/mol.